The summed E-state index contributed by atoms with van der Waals surface area (Å²) < 4.78 is 0. The van der Waals surface area contributed by atoms with Gasteiger partial charge in [-0.1, -0.05) is 26.7 Å². The molecule has 0 aromatic carbocycles. The van der Waals surface area contributed by atoms with Crippen LogP contribution in [0.25, 0.3) is 0 Å². The standard InChI is InChI=1S/C16H28N2O4/c1-10(2)8-13(16(21)22)9-17-14(19)11(3)18-15(20)12-6-4-5-7-12/h10-13H,4-9H2,1-3H3,(H,17,19)(H,18,20)(H,21,22). The normalized spacial score (nSPS) is 18.0. The number of carboxylic acid groups (broad SMARTS) is 1. The van der Waals surface area contributed by atoms with E-state index in [1.54, 1.807) is 6.92 Å². The second-order valence-corrected chi connectivity index (χ2v) is 6.62. The number of hydrogen-bond donors (Lipinski definition) is 3. The Balaban J connectivity index is 2.39. The Morgan fingerprint density at radius 3 is 2.23 bits per heavy atom. The summed E-state index contributed by atoms with van der Waals surface area (Å²) in [7, 11) is 0. The molecule has 2 unspecified atom stereocenters. The van der Waals surface area contributed by atoms with Crippen molar-refractivity contribution in [3.05, 3.63) is 0 Å². The fourth-order valence-electron chi connectivity index (χ4n) is 2.80. The van der Waals surface area contributed by atoms with E-state index in [1.807, 2.05) is 13.8 Å². The van der Waals surface area contributed by atoms with E-state index in [-0.39, 0.29) is 30.2 Å². The van der Waals surface area contributed by atoms with Crippen LogP contribution in [0.5, 0.6) is 0 Å². The van der Waals surface area contributed by atoms with Crippen molar-refractivity contribution in [2.45, 2.75) is 58.9 Å². The number of rotatable bonds is 8. The van der Waals surface area contributed by atoms with Gasteiger partial charge >= 0.3 is 5.97 Å². The molecule has 0 radical (unpaired) electrons. The number of aliphatic carboxylic acids is 1. The van der Waals surface area contributed by atoms with E-state index in [0.29, 0.717) is 6.42 Å². The predicted molar refractivity (Wildman–Crippen MR) is 83.2 cm³/mol. The summed E-state index contributed by atoms with van der Waals surface area (Å²) in [6.45, 7) is 5.61. The van der Waals surface area contributed by atoms with Gasteiger partial charge in [0.2, 0.25) is 11.8 Å². The van der Waals surface area contributed by atoms with Crippen LogP contribution in [0.4, 0.5) is 0 Å². The minimum atomic E-state index is -0.906. The summed E-state index contributed by atoms with van der Waals surface area (Å²) in [5.41, 5.74) is 0. The Kier molecular flexibility index (Phi) is 7.35. The van der Waals surface area contributed by atoms with Gasteiger partial charge in [0.15, 0.2) is 0 Å². The first-order valence-electron chi connectivity index (χ1n) is 8.12. The first-order valence-corrected chi connectivity index (χ1v) is 8.12. The van der Waals surface area contributed by atoms with Crippen molar-refractivity contribution in [2.24, 2.45) is 17.8 Å². The molecule has 1 saturated carbocycles. The lowest BCUT2D eigenvalue weighted by atomic mass is 9.97. The molecule has 2 atom stereocenters. The third kappa shape index (κ3) is 6.03. The maximum atomic E-state index is 12.0. The van der Waals surface area contributed by atoms with Crippen molar-refractivity contribution in [2.75, 3.05) is 6.54 Å². The van der Waals surface area contributed by atoms with E-state index in [9.17, 15) is 14.4 Å². The van der Waals surface area contributed by atoms with Crippen molar-refractivity contribution in [1.82, 2.24) is 10.6 Å². The molecule has 0 bridgehead atoms. The maximum Gasteiger partial charge on any atom is 0.308 e. The number of amides is 2. The molecule has 6 nitrogen and oxygen atoms in total. The average Bonchev–Trinajstić information content (AvgIpc) is 2.96. The van der Waals surface area contributed by atoms with Gasteiger partial charge in [-0.3, -0.25) is 14.4 Å². The number of hydrogen-bond acceptors (Lipinski definition) is 3. The number of carbonyl (C=O) groups is 3. The zero-order valence-corrected chi connectivity index (χ0v) is 13.7. The fraction of sp³-hybridized carbons (Fsp3) is 0.812. The molecule has 1 aliphatic carbocycles. The second-order valence-electron chi connectivity index (χ2n) is 6.62. The van der Waals surface area contributed by atoms with Crippen molar-refractivity contribution < 1.29 is 19.5 Å². The van der Waals surface area contributed by atoms with Crippen molar-refractivity contribution >= 4 is 17.8 Å². The topological polar surface area (TPSA) is 95.5 Å². The van der Waals surface area contributed by atoms with Crippen molar-refractivity contribution in [3.8, 4) is 0 Å². The van der Waals surface area contributed by atoms with Crippen LogP contribution in [0.15, 0.2) is 0 Å². The summed E-state index contributed by atoms with van der Waals surface area (Å²) in [5, 5.41) is 14.5. The molecular weight excluding hydrogens is 284 g/mol. The predicted octanol–water partition coefficient (Wildman–Crippen LogP) is 1.54. The Hall–Kier alpha value is -1.59. The third-order valence-electron chi connectivity index (χ3n) is 4.11. The number of carbonyl (C=O) groups excluding carboxylic acids is 2. The van der Waals surface area contributed by atoms with Crippen molar-refractivity contribution in [1.29, 1.82) is 0 Å². The van der Waals surface area contributed by atoms with Gasteiger partial charge in [-0.2, -0.15) is 0 Å². The lowest BCUT2D eigenvalue weighted by Crippen LogP contribution is -2.48. The fourth-order valence-corrected chi connectivity index (χ4v) is 2.80. The first kappa shape index (κ1) is 18.5. The minimum Gasteiger partial charge on any atom is -0.481 e. The highest BCUT2D eigenvalue weighted by molar-refractivity contribution is 5.88. The summed E-state index contributed by atoms with van der Waals surface area (Å²) >= 11 is 0. The van der Waals surface area contributed by atoms with Gasteiger partial charge in [0, 0.05) is 12.5 Å². The quantitative estimate of drug-likeness (QED) is 0.633. The zero-order valence-electron chi connectivity index (χ0n) is 13.7. The molecule has 0 saturated heterocycles. The molecule has 126 valence electrons. The monoisotopic (exact) mass is 312 g/mol. The highest BCUT2D eigenvalue weighted by Crippen LogP contribution is 2.24. The summed E-state index contributed by atoms with van der Waals surface area (Å²) in [4.78, 5) is 35.1. The molecule has 2 amide bonds. The van der Waals surface area contributed by atoms with E-state index in [0.717, 1.165) is 25.7 Å². The molecule has 1 rings (SSSR count). The molecule has 3 N–H and O–H groups in total. The van der Waals surface area contributed by atoms with Crippen LogP contribution in [-0.4, -0.2) is 35.5 Å². The summed E-state index contributed by atoms with van der Waals surface area (Å²) in [6.07, 6.45) is 4.41. The molecule has 1 aliphatic rings. The van der Waals surface area contributed by atoms with Crippen LogP contribution >= 0.6 is 0 Å². The second kappa shape index (κ2) is 8.76. The molecule has 22 heavy (non-hydrogen) atoms. The van der Waals surface area contributed by atoms with Crippen LogP contribution in [0, 0.1) is 17.8 Å². The van der Waals surface area contributed by atoms with Crippen LogP contribution in [0.2, 0.25) is 0 Å². The smallest absolute Gasteiger partial charge is 0.308 e. The van der Waals surface area contributed by atoms with E-state index >= 15 is 0 Å². The molecule has 0 spiro atoms. The molecule has 0 aromatic heterocycles. The lowest BCUT2D eigenvalue weighted by molar-refractivity contribution is -0.142. The molecule has 0 heterocycles. The van der Waals surface area contributed by atoms with Crippen LogP contribution in [0.1, 0.15) is 52.9 Å². The molecule has 0 aromatic rings. The van der Waals surface area contributed by atoms with Gasteiger partial charge in [0.05, 0.1) is 5.92 Å². The van der Waals surface area contributed by atoms with Gasteiger partial charge in [0.1, 0.15) is 6.04 Å². The largest absolute Gasteiger partial charge is 0.481 e. The van der Waals surface area contributed by atoms with Gasteiger partial charge in [-0.15, -0.1) is 0 Å². The number of nitrogens with one attached hydrogen (secondary N) is 2. The Bertz CT molecular complexity index is 403. The van der Waals surface area contributed by atoms with Gasteiger partial charge in [0.25, 0.3) is 0 Å². The van der Waals surface area contributed by atoms with Crippen LogP contribution < -0.4 is 10.6 Å². The highest BCUT2D eigenvalue weighted by Gasteiger charge is 2.26. The SMILES string of the molecule is CC(C)CC(CNC(=O)C(C)NC(=O)C1CCCC1)C(=O)O. The van der Waals surface area contributed by atoms with E-state index < -0.39 is 17.9 Å². The molecular formula is C16H28N2O4. The highest BCUT2D eigenvalue weighted by atomic mass is 16.4. The Morgan fingerprint density at radius 1 is 1.14 bits per heavy atom. The van der Waals surface area contributed by atoms with Gasteiger partial charge in [-0.25, -0.2) is 0 Å². The van der Waals surface area contributed by atoms with Gasteiger partial charge in [-0.05, 0) is 32.1 Å². The Morgan fingerprint density at radius 2 is 1.73 bits per heavy atom. The average molecular weight is 312 g/mol. The van der Waals surface area contributed by atoms with Crippen LogP contribution in [0.3, 0.4) is 0 Å². The molecule has 1 fully saturated rings. The summed E-state index contributed by atoms with van der Waals surface area (Å²) in [5.74, 6) is -1.64. The van der Waals surface area contributed by atoms with Crippen molar-refractivity contribution in [3.63, 3.8) is 0 Å². The zero-order chi connectivity index (χ0) is 16.7. The van der Waals surface area contributed by atoms with Crippen LogP contribution in [-0.2, 0) is 14.4 Å². The van der Waals surface area contributed by atoms with E-state index in [1.165, 1.54) is 0 Å². The minimum absolute atomic E-state index is 0.0166. The first-order chi connectivity index (χ1) is 10.3. The third-order valence-corrected chi connectivity index (χ3v) is 4.11. The van der Waals surface area contributed by atoms with E-state index in [2.05, 4.69) is 10.6 Å². The van der Waals surface area contributed by atoms with E-state index in [4.69, 9.17) is 5.11 Å². The molecule has 0 aliphatic heterocycles. The summed E-state index contributed by atoms with van der Waals surface area (Å²) in [6, 6.07) is -0.637. The number of carboxylic acids is 1. The Labute approximate surface area is 132 Å². The maximum absolute atomic E-state index is 12.0. The lowest BCUT2D eigenvalue weighted by Gasteiger charge is -2.19. The van der Waals surface area contributed by atoms with Gasteiger partial charge < -0.3 is 15.7 Å². The molecule has 6 heteroatoms.